The molecule has 1 aromatic heterocycles. The topological polar surface area (TPSA) is 34.2 Å². The lowest BCUT2D eigenvalue weighted by molar-refractivity contribution is -0.274. The van der Waals surface area contributed by atoms with E-state index in [2.05, 4.69) is 15.0 Å². The predicted molar refractivity (Wildman–Crippen MR) is 69.1 cm³/mol. The zero-order chi connectivity index (χ0) is 14.6. The van der Waals surface area contributed by atoms with Crippen LogP contribution in [0.2, 0.25) is 0 Å². The molecular weight excluding hydrogens is 269 g/mol. The van der Waals surface area contributed by atoms with E-state index in [9.17, 15) is 13.2 Å². The summed E-state index contributed by atoms with van der Waals surface area (Å²) in [7, 11) is 1.84. The molecule has 0 fully saturated rings. The minimum Gasteiger partial charge on any atom is -0.406 e. The Bertz CT molecular complexity index is 567. The molecule has 0 aliphatic rings. The van der Waals surface area contributed by atoms with Gasteiger partial charge in [-0.25, -0.2) is 0 Å². The van der Waals surface area contributed by atoms with Gasteiger partial charge >= 0.3 is 6.36 Å². The van der Waals surface area contributed by atoms with E-state index < -0.39 is 6.36 Å². The Hall–Kier alpha value is -2.08. The Morgan fingerprint density at radius 2 is 1.85 bits per heavy atom. The number of halogens is 3. The number of pyridine rings is 1. The van der Waals surface area contributed by atoms with Gasteiger partial charge in [-0.15, -0.1) is 13.2 Å². The van der Waals surface area contributed by atoms with Crippen LogP contribution in [0.3, 0.4) is 0 Å². The summed E-state index contributed by atoms with van der Waals surface area (Å²) in [5.41, 5.74) is 2.49. The maximum atomic E-state index is 12.1. The fraction of sp³-hybridized carbons (Fsp3) is 0.214. The molecule has 106 valence electrons. The zero-order valence-corrected chi connectivity index (χ0v) is 10.7. The number of ether oxygens (including phenoxy) is 1. The third-order valence-corrected chi connectivity index (χ3v) is 2.59. The first-order chi connectivity index (χ1) is 9.48. The van der Waals surface area contributed by atoms with E-state index in [4.69, 9.17) is 0 Å². The highest BCUT2D eigenvalue weighted by molar-refractivity contribution is 5.60. The van der Waals surface area contributed by atoms with Gasteiger partial charge < -0.3 is 10.1 Å². The Morgan fingerprint density at radius 1 is 1.15 bits per heavy atom. The highest BCUT2D eigenvalue weighted by Gasteiger charge is 2.30. The summed E-state index contributed by atoms with van der Waals surface area (Å²) in [6.45, 7) is 0.699. The van der Waals surface area contributed by atoms with Crippen molar-refractivity contribution in [3.8, 4) is 17.0 Å². The fourth-order valence-electron chi connectivity index (χ4n) is 1.77. The summed E-state index contributed by atoms with van der Waals surface area (Å²) in [5, 5.41) is 3.02. The van der Waals surface area contributed by atoms with Gasteiger partial charge in [-0.3, -0.25) is 4.98 Å². The van der Waals surface area contributed by atoms with Crippen molar-refractivity contribution in [2.75, 3.05) is 7.05 Å². The van der Waals surface area contributed by atoms with Crippen molar-refractivity contribution in [2.24, 2.45) is 0 Å². The van der Waals surface area contributed by atoms with Gasteiger partial charge in [-0.2, -0.15) is 0 Å². The van der Waals surface area contributed by atoms with Crippen molar-refractivity contribution in [3.63, 3.8) is 0 Å². The molecule has 1 heterocycles. The Labute approximate surface area is 114 Å². The van der Waals surface area contributed by atoms with Crippen LogP contribution in [0.1, 0.15) is 5.56 Å². The molecule has 20 heavy (non-hydrogen) atoms. The van der Waals surface area contributed by atoms with Gasteiger partial charge in [-0.05, 0) is 49.0 Å². The van der Waals surface area contributed by atoms with Crippen LogP contribution in [0, 0.1) is 0 Å². The lowest BCUT2D eigenvalue weighted by Crippen LogP contribution is -2.16. The monoisotopic (exact) mass is 282 g/mol. The molecule has 0 saturated carbocycles. The molecule has 2 aromatic rings. The van der Waals surface area contributed by atoms with Crippen molar-refractivity contribution >= 4 is 0 Å². The number of aromatic nitrogens is 1. The van der Waals surface area contributed by atoms with Crippen LogP contribution in [0.4, 0.5) is 13.2 Å². The van der Waals surface area contributed by atoms with Crippen LogP contribution in [-0.4, -0.2) is 18.4 Å². The molecule has 0 bridgehead atoms. The van der Waals surface area contributed by atoms with Crippen molar-refractivity contribution in [3.05, 3.63) is 48.2 Å². The lowest BCUT2D eigenvalue weighted by Gasteiger charge is -2.09. The summed E-state index contributed by atoms with van der Waals surface area (Å²) >= 11 is 0. The van der Waals surface area contributed by atoms with Gasteiger partial charge in [0.2, 0.25) is 0 Å². The first kappa shape index (κ1) is 14.3. The number of rotatable bonds is 4. The first-order valence-electron chi connectivity index (χ1n) is 5.93. The smallest absolute Gasteiger partial charge is 0.406 e. The molecule has 0 aliphatic heterocycles. The summed E-state index contributed by atoms with van der Waals surface area (Å²) in [6.07, 6.45) is -3.01. The van der Waals surface area contributed by atoms with Crippen molar-refractivity contribution in [2.45, 2.75) is 12.9 Å². The minimum absolute atomic E-state index is 0.243. The largest absolute Gasteiger partial charge is 0.573 e. The van der Waals surface area contributed by atoms with Gasteiger partial charge in [0.1, 0.15) is 5.75 Å². The maximum Gasteiger partial charge on any atom is 0.573 e. The number of hydrogen-bond donors (Lipinski definition) is 1. The molecule has 3 nitrogen and oxygen atoms in total. The molecule has 0 spiro atoms. The summed E-state index contributed by atoms with van der Waals surface area (Å²) in [4.78, 5) is 4.21. The van der Waals surface area contributed by atoms with E-state index in [-0.39, 0.29) is 5.75 Å². The SMILES string of the molecule is CNCc1ccnc(-c2ccc(OC(F)(F)F)cc2)c1. The number of hydrogen-bond acceptors (Lipinski definition) is 3. The van der Waals surface area contributed by atoms with E-state index in [0.29, 0.717) is 12.2 Å². The summed E-state index contributed by atoms with van der Waals surface area (Å²) in [5.74, 6) is -0.243. The second-order valence-corrected chi connectivity index (χ2v) is 4.15. The molecule has 1 aromatic carbocycles. The Morgan fingerprint density at radius 3 is 2.45 bits per heavy atom. The quantitative estimate of drug-likeness (QED) is 0.933. The number of alkyl halides is 3. The van der Waals surface area contributed by atoms with Gasteiger partial charge in [-0.1, -0.05) is 0 Å². The molecule has 0 radical (unpaired) electrons. The molecule has 0 unspecified atom stereocenters. The molecule has 6 heteroatoms. The molecule has 0 aliphatic carbocycles. The van der Waals surface area contributed by atoms with E-state index in [1.807, 2.05) is 19.2 Å². The average Bonchev–Trinajstić information content (AvgIpc) is 2.38. The Balaban J connectivity index is 2.19. The Kier molecular flexibility index (Phi) is 4.24. The van der Waals surface area contributed by atoms with Gasteiger partial charge in [0.25, 0.3) is 0 Å². The van der Waals surface area contributed by atoms with Gasteiger partial charge in [0, 0.05) is 18.3 Å². The highest BCUT2D eigenvalue weighted by atomic mass is 19.4. The lowest BCUT2D eigenvalue weighted by atomic mass is 10.1. The summed E-state index contributed by atoms with van der Waals surface area (Å²) in [6, 6.07) is 9.40. The van der Waals surface area contributed by atoms with Crippen LogP contribution in [0.25, 0.3) is 11.3 Å². The highest BCUT2D eigenvalue weighted by Crippen LogP contribution is 2.25. The molecule has 0 amide bonds. The van der Waals surface area contributed by atoms with E-state index in [1.54, 1.807) is 18.3 Å². The van der Waals surface area contributed by atoms with Crippen LogP contribution >= 0.6 is 0 Å². The maximum absolute atomic E-state index is 12.1. The van der Waals surface area contributed by atoms with Crippen LogP contribution in [0.15, 0.2) is 42.6 Å². The van der Waals surface area contributed by atoms with Gasteiger partial charge in [0.15, 0.2) is 0 Å². The van der Waals surface area contributed by atoms with Crippen molar-refractivity contribution in [1.82, 2.24) is 10.3 Å². The van der Waals surface area contributed by atoms with E-state index in [0.717, 1.165) is 11.1 Å². The van der Waals surface area contributed by atoms with Crippen molar-refractivity contribution in [1.29, 1.82) is 0 Å². The zero-order valence-electron chi connectivity index (χ0n) is 10.7. The van der Waals surface area contributed by atoms with Crippen molar-refractivity contribution < 1.29 is 17.9 Å². The van der Waals surface area contributed by atoms with Crippen LogP contribution < -0.4 is 10.1 Å². The second-order valence-electron chi connectivity index (χ2n) is 4.15. The number of nitrogens with zero attached hydrogens (tertiary/aromatic N) is 1. The average molecular weight is 282 g/mol. The normalized spacial score (nSPS) is 11.4. The molecule has 2 rings (SSSR count). The predicted octanol–water partition coefficient (Wildman–Crippen LogP) is 3.37. The van der Waals surface area contributed by atoms with Gasteiger partial charge in [0.05, 0.1) is 5.69 Å². The number of benzene rings is 1. The molecule has 1 N–H and O–H groups in total. The third-order valence-electron chi connectivity index (χ3n) is 2.59. The molecule has 0 atom stereocenters. The van der Waals surface area contributed by atoms with E-state index in [1.165, 1.54) is 12.1 Å². The summed E-state index contributed by atoms with van der Waals surface area (Å²) < 4.78 is 40.0. The molecule has 0 saturated heterocycles. The van der Waals surface area contributed by atoms with Crippen LogP contribution in [-0.2, 0) is 6.54 Å². The first-order valence-corrected chi connectivity index (χ1v) is 5.93. The molecular formula is C14H13F3N2O. The van der Waals surface area contributed by atoms with E-state index >= 15 is 0 Å². The number of nitrogens with one attached hydrogen (secondary N) is 1. The standard InChI is InChI=1S/C14H13F3N2O/c1-18-9-10-6-7-19-13(8-10)11-2-4-12(5-3-11)20-14(15,16)17/h2-8,18H,9H2,1H3. The fourth-order valence-corrected chi connectivity index (χ4v) is 1.77. The second kappa shape index (κ2) is 5.92. The third kappa shape index (κ3) is 3.96. The van der Waals surface area contributed by atoms with Crippen LogP contribution in [0.5, 0.6) is 5.75 Å². The minimum atomic E-state index is -4.67.